The largest absolute Gasteiger partial charge is 0.495 e. The molecular weight excluding hydrogens is 379 g/mol. The van der Waals surface area contributed by atoms with Crippen LogP contribution in [0.2, 0.25) is 5.02 Å². The fourth-order valence-electron chi connectivity index (χ4n) is 4.58. The van der Waals surface area contributed by atoms with Crippen molar-refractivity contribution >= 4 is 17.3 Å². The second kappa shape index (κ2) is 8.18. The monoisotopic (exact) mass is 404 g/mol. The van der Waals surface area contributed by atoms with Gasteiger partial charge in [-0.3, -0.25) is 4.90 Å². The number of halogens is 2. The van der Waals surface area contributed by atoms with Gasteiger partial charge in [0.1, 0.15) is 5.75 Å². The topological polar surface area (TPSA) is 24.9 Å². The fourth-order valence-corrected chi connectivity index (χ4v) is 4.77. The van der Waals surface area contributed by atoms with E-state index >= 15 is 0 Å². The molecule has 0 saturated carbocycles. The molecule has 0 unspecified atom stereocenters. The van der Waals surface area contributed by atoms with Gasteiger partial charge in [0.05, 0.1) is 19.2 Å². The quantitative estimate of drug-likeness (QED) is 0.722. The zero-order valence-electron chi connectivity index (χ0n) is 16.3. The summed E-state index contributed by atoms with van der Waals surface area (Å²) in [4.78, 5) is 4.95. The molecule has 2 heterocycles. The van der Waals surface area contributed by atoms with Crippen molar-refractivity contribution in [3.05, 3.63) is 52.8 Å². The Morgan fingerprint density at radius 3 is 2.57 bits per heavy atom. The van der Waals surface area contributed by atoms with Crippen LogP contribution in [0.4, 0.5) is 10.1 Å². The lowest BCUT2D eigenvalue weighted by Crippen LogP contribution is -2.55. The summed E-state index contributed by atoms with van der Waals surface area (Å²) in [7, 11) is 3.14. The van der Waals surface area contributed by atoms with Crippen LogP contribution in [0.15, 0.2) is 36.4 Å². The molecule has 0 bridgehead atoms. The van der Waals surface area contributed by atoms with E-state index in [-0.39, 0.29) is 11.9 Å². The molecule has 2 aromatic carbocycles. The van der Waals surface area contributed by atoms with Crippen LogP contribution in [0.1, 0.15) is 30.9 Å². The number of hydrogen-bond donors (Lipinski definition) is 0. The highest BCUT2D eigenvalue weighted by Crippen LogP contribution is 2.38. The fraction of sp³-hybridized carbons (Fsp3) is 0.455. The van der Waals surface area contributed by atoms with Crippen molar-refractivity contribution in [2.24, 2.45) is 0 Å². The predicted molar refractivity (Wildman–Crippen MR) is 110 cm³/mol. The molecule has 150 valence electrons. The van der Waals surface area contributed by atoms with Crippen molar-refractivity contribution in [3.8, 4) is 11.5 Å². The summed E-state index contributed by atoms with van der Waals surface area (Å²) in [5, 5.41) is 0.629. The summed E-state index contributed by atoms with van der Waals surface area (Å²) in [5.74, 6) is 0.725. The van der Waals surface area contributed by atoms with Crippen LogP contribution in [-0.4, -0.2) is 44.8 Å². The predicted octanol–water partition coefficient (Wildman–Crippen LogP) is 4.91. The number of fused-ring (bicyclic) bond motifs is 1. The van der Waals surface area contributed by atoms with Crippen molar-refractivity contribution in [1.29, 1.82) is 0 Å². The number of anilines is 1. The molecule has 2 aliphatic rings. The number of piperidine rings is 1. The summed E-state index contributed by atoms with van der Waals surface area (Å²) in [6.07, 6.45) is 3.38. The van der Waals surface area contributed by atoms with Gasteiger partial charge in [-0.2, -0.15) is 0 Å². The molecule has 0 spiro atoms. The standard InChI is InChI=1S/C22H26ClFN2O2/c1-27-21-9-6-15(12-19(21)24)20-5-3-4-17-14-25(10-11-26(17)20)16-7-8-18(23)22(13-16)28-2/h6-9,12-13,17,20H,3-5,10-11,14H2,1-2H3/t17-,20+/m0/s1. The number of hydrogen-bond acceptors (Lipinski definition) is 4. The Morgan fingerprint density at radius 2 is 1.82 bits per heavy atom. The summed E-state index contributed by atoms with van der Waals surface area (Å²) < 4.78 is 24.7. The zero-order chi connectivity index (χ0) is 19.7. The van der Waals surface area contributed by atoms with Crippen LogP contribution in [0, 0.1) is 5.82 Å². The van der Waals surface area contributed by atoms with E-state index < -0.39 is 0 Å². The average Bonchev–Trinajstić information content (AvgIpc) is 2.73. The molecule has 2 aromatic rings. The lowest BCUT2D eigenvalue weighted by molar-refractivity contribution is 0.0714. The van der Waals surface area contributed by atoms with Crippen LogP contribution in [-0.2, 0) is 0 Å². The minimum absolute atomic E-state index is 0.265. The third kappa shape index (κ3) is 3.65. The molecule has 0 aliphatic carbocycles. The van der Waals surface area contributed by atoms with Crippen LogP contribution >= 0.6 is 11.6 Å². The van der Waals surface area contributed by atoms with Gasteiger partial charge < -0.3 is 14.4 Å². The average molecular weight is 405 g/mol. The van der Waals surface area contributed by atoms with Crippen molar-refractivity contribution < 1.29 is 13.9 Å². The van der Waals surface area contributed by atoms with Crippen molar-refractivity contribution in [3.63, 3.8) is 0 Å². The minimum Gasteiger partial charge on any atom is -0.495 e. The van der Waals surface area contributed by atoms with Crippen LogP contribution in [0.3, 0.4) is 0 Å². The SMILES string of the molecule is COc1ccc([C@H]2CCC[C@H]3CN(c4ccc(Cl)c(OC)c4)CCN32)cc1F. The van der Waals surface area contributed by atoms with Gasteiger partial charge in [0.2, 0.25) is 0 Å². The summed E-state index contributed by atoms with van der Waals surface area (Å²) >= 11 is 6.18. The molecule has 2 aliphatic heterocycles. The van der Waals surface area contributed by atoms with Gasteiger partial charge in [-0.05, 0) is 49.1 Å². The number of benzene rings is 2. The van der Waals surface area contributed by atoms with E-state index in [4.69, 9.17) is 21.1 Å². The molecular formula is C22H26ClFN2O2. The second-order valence-electron chi connectivity index (χ2n) is 7.50. The Kier molecular flexibility index (Phi) is 5.65. The molecule has 28 heavy (non-hydrogen) atoms. The number of rotatable bonds is 4. The maximum atomic E-state index is 14.2. The maximum Gasteiger partial charge on any atom is 0.165 e. The molecule has 0 aromatic heterocycles. The number of nitrogens with zero attached hydrogens (tertiary/aromatic N) is 2. The number of ether oxygens (including phenoxy) is 2. The molecule has 0 N–H and O–H groups in total. The number of piperazine rings is 1. The molecule has 2 saturated heterocycles. The van der Waals surface area contributed by atoms with Gasteiger partial charge in [0, 0.05) is 43.5 Å². The highest BCUT2D eigenvalue weighted by atomic mass is 35.5. The van der Waals surface area contributed by atoms with Gasteiger partial charge in [-0.1, -0.05) is 17.7 Å². The zero-order valence-corrected chi connectivity index (χ0v) is 17.1. The van der Waals surface area contributed by atoms with Gasteiger partial charge in [0.25, 0.3) is 0 Å². The number of methoxy groups -OCH3 is 2. The van der Waals surface area contributed by atoms with Crippen molar-refractivity contribution in [2.75, 3.05) is 38.8 Å². The molecule has 4 nitrogen and oxygen atoms in total. The normalized spacial score (nSPS) is 22.6. The molecule has 0 amide bonds. The Morgan fingerprint density at radius 1 is 1.00 bits per heavy atom. The van der Waals surface area contributed by atoms with Gasteiger partial charge in [0.15, 0.2) is 11.6 Å². The van der Waals surface area contributed by atoms with E-state index in [9.17, 15) is 4.39 Å². The van der Waals surface area contributed by atoms with Crippen molar-refractivity contribution in [1.82, 2.24) is 4.90 Å². The Bertz CT molecular complexity index is 847. The van der Waals surface area contributed by atoms with E-state index in [0.29, 0.717) is 22.6 Å². The molecule has 2 fully saturated rings. The van der Waals surface area contributed by atoms with E-state index in [1.165, 1.54) is 7.11 Å². The molecule has 6 heteroatoms. The smallest absolute Gasteiger partial charge is 0.165 e. The Hall–Kier alpha value is -1.98. The molecule has 4 rings (SSSR count). The van der Waals surface area contributed by atoms with E-state index in [0.717, 1.165) is 50.1 Å². The van der Waals surface area contributed by atoms with Gasteiger partial charge in [-0.25, -0.2) is 4.39 Å². The van der Waals surface area contributed by atoms with Crippen LogP contribution < -0.4 is 14.4 Å². The highest BCUT2D eigenvalue weighted by molar-refractivity contribution is 6.32. The van der Waals surface area contributed by atoms with Crippen molar-refractivity contribution in [2.45, 2.75) is 31.3 Å². The minimum atomic E-state index is -0.283. The molecule has 0 radical (unpaired) electrons. The first-order chi connectivity index (χ1) is 13.6. The first-order valence-electron chi connectivity index (χ1n) is 9.78. The first kappa shape index (κ1) is 19.3. The third-order valence-electron chi connectivity index (χ3n) is 6.00. The maximum absolute atomic E-state index is 14.2. The summed E-state index contributed by atoms with van der Waals surface area (Å²) in [6, 6.07) is 12.1. The second-order valence-corrected chi connectivity index (χ2v) is 7.90. The Labute approximate surface area is 170 Å². The van der Waals surface area contributed by atoms with Gasteiger partial charge >= 0.3 is 0 Å². The highest BCUT2D eigenvalue weighted by Gasteiger charge is 2.36. The summed E-state index contributed by atoms with van der Waals surface area (Å²) in [5.41, 5.74) is 2.18. The van der Waals surface area contributed by atoms with E-state index in [1.54, 1.807) is 19.2 Å². The van der Waals surface area contributed by atoms with Gasteiger partial charge in [-0.15, -0.1) is 0 Å². The summed E-state index contributed by atoms with van der Waals surface area (Å²) in [6.45, 7) is 2.84. The van der Waals surface area contributed by atoms with E-state index in [2.05, 4.69) is 15.9 Å². The lowest BCUT2D eigenvalue weighted by atomic mass is 9.89. The van der Waals surface area contributed by atoms with Crippen LogP contribution in [0.5, 0.6) is 11.5 Å². The Balaban J connectivity index is 1.52. The lowest BCUT2D eigenvalue weighted by Gasteiger charge is -2.49. The molecule has 2 atom stereocenters. The van der Waals surface area contributed by atoms with Crippen LogP contribution in [0.25, 0.3) is 0 Å². The van der Waals surface area contributed by atoms with E-state index in [1.807, 2.05) is 18.2 Å². The third-order valence-corrected chi connectivity index (χ3v) is 6.32. The first-order valence-corrected chi connectivity index (χ1v) is 10.2.